The summed E-state index contributed by atoms with van der Waals surface area (Å²) in [5, 5.41) is 3.83. The fourth-order valence-electron chi connectivity index (χ4n) is 3.28. The first-order valence-corrected chi connectivity index (χ1v) is 10.3. The molecule has 1 fully saturated rings. The normalized spacial score (nSPS) is 14.6. The fraction of sp³-hybridized carbons (Fsp3) is 0.364. The molecule has 1 heterocycles. The number of nitrogens with zero attached hydrogens (tertiary/aromatic N) is 1. The summed E-state index contributed by atoms with van der Waals surface area (Å²) < 4.78 is 5.58. The van der Waals surface area contributed by atoms with Crippen LogP contribution in [0.4, 0.5) is 0 Å². The Bertz CT molecular complexity index is 909. The van der Waals surface area contributed by atoms with Crippen LogP contribution in [0, 0.1) is 13.8 Å². The number of rotatable bonds is 5. The molecule has 1 aliphatic heterocycles. The lowest BCUT2D eigenvalue weighted by atomic mass is 10.0. The minimum atomic E-state index is -0.159. The van der Waals surface area contributed by atoms with Gasteiger partial charge in [0, 0.05) is 24.2 Å². The van der Waals surface area contributed by atoms with Gasteiger partial charge in [-0.25, -0.2) is 0 Å². The van der Waals surface area contributed by atoms with E-state index in [0.29, 0.717) is 47.3 Å². The SMILES string of the molecule is Cc1ccc(OCC(=O)NC2CCN(C(=O)c3ccc(Cl)cc3Cl)CC2)cc1C. The molecule has 0 radical (unpaired) electrons. The Morgan fingerprint density at radius 3 is 2.45 bits per heavy atom. The van der Waals surface area contributed by atoms with Gasteiger partial charge in [-0.1, -0.05) is 29.3 Å². The van der Waals surface area contributed by atoms with Crippen LogP contribution in [-0.2, 0) is 4.79 Å². The predicted octanol–water partition coefficient (Wildman–Crippen LogP) is 4.41. The highest BCUT2D eigenvalue weighted by Gasteiger charge is 2.25. The third-order valence-corrected chi connectivity index (χ3v) is 5.70. The molecule has 2 amide bonds. The van der Waals surface area contributed by atoms with Crippen molar-refractivity contribution in [3.8, 4) is 5.75 Å². The number of amides is 2. The number of nitrogens with one attached hydrogen (secondary N) is 1. The third kappa shape index (κ3) is 5.64. The Morgan fingerprint density at radius 1 is 1.07 bits per heavy atom. The van der Waals surface area contributed by atoms with Gasteiger partial charge in [0.2, 0.25) is 0 Å². The van der Waals surface area contributed by atoms with Crippen molar-refractivity contribution in [2.45, 2.75) is 32.7 Å². The fourth-order valence-corrected chi connectivity index (χ4v) is 3.77. The van der Waals surface area contributed by atoms with Gasteiger partial charge in [-0.05, 0) is 68.1 Å². The number of carbonyl (C=O) groups excluding carboxylic acids is 2. The maximum atomic E-state index is 12.7. The lowest BCUT2D eigenvalue weighted by molar-refractivity contribution is -0.124. The van der Waals surface area contributed by atoms with Crippen molar-refractivity contribution in [1.29, 1.82) is 0 Å². The summed E-state index contributed by atoms with van der Waals surface area (Å²) in [6, 6.07) is 10.7. The molecule has 7 heteroatoms. The van der Waals surface area contributed by atoms with Crippen LogP contribution in [0.5, 0.6) is 5.75 Å². The van der Waals surface area contributed by atoms with E-state index in [4.69, 9.17) is 27.9 Å². The van der Waals surface area contributed by atoms with Gasteiger partial charge in [0.05, 0.1) is 10.6 Å². The van der Waals surface area contributed by atoms with Crippen molar-refractivity contribution >= 4 is 35.0 Å². The molecule has 2 aromatic rings. The van der Waals surface area contributed by atoms with Crippen LogP contribution in [0.3, 0.4) is 0 Å². The predicted molar refractivity (Wildman–Crippen MR) is 115 cm³/mol. The minimum Gasteiger partial charge on any atom is -0.484 e. The van der Waals surface area contributed by atoms with E-state index in [-0.39, 0.29) is 24.5 Å². The second-order valence-corrected chi connectivity index (χ2v) is 8.14. The van der Waals surface area contributed by atoms with E-state index in [2.05, 4.69) is 5.32 Å². The Kier molecular flexibility index (Phi) is 7.04. The number of piperidine rings is 1. The Morgan fingerprint density at radius 2 is 1.79 bits per heavy atom. The summed E-state index contributed by atoms with van der Waals surface area (Å²) in [5.41, 5.74) is 2.75. The maximum Gasteiger partial charge on any atom is 0.258 e. The van der Waals surface area contributed by atoms with Gasteiger partial charge in [0.15, 0.2) is 6.61 Å². The van der Waals surface area contributed by atoms with Gasteiger partial charge in [0.1, 0.15) is 5.75 Å². The van der Waals surface area contributed by atoms with Gasteiger partial charge in [-0.15, -0.1) is 0 Å². The van der Waals surface area contributed by atoms with Gasteiger partial charge in [-0.3, -0.25) is 9.59 Å². The number of hydrogen-bond donors (Lipinski definition) is 1. The Balaban J connectivity index is 1.46. The summed E-state index contributed by atoms with van der Waals surface area (Å²) in [5.74, 6) is 0.409. The first kappa shape index (κ1) is 21.5. The van der Waals surface area contributed by atoms with E-state index in [1.165, 1.54) is 5.56 Å². The van der Waals surface area contributed by atoms with Crippen molar-refractivity contribution < 1.29 is 14.3 Å². The molecular weight excluding hydrogens is 411 g/mol. The Labute approximate surface area is 180 Å². The second kappa shape index (κ2) is 9.51. The van der Waals surface area contributed by atoms with Crippen molar-refractivity contribution in [2.75, 3.05) is 19.7 Å². The highest BCUT2D eigenvalue weighted by atomic mass is 35.5. The molecule has 0 saturated carbocycles. The molecule has 0 spiro atoms. The highest BCUT2D eigenvalue weighted by molar-refractivity contribution is 6.36. The van der Waals surface area contributed by atoms with E-state index in [1.807, 2.05) is 32.0 Å². The molecule has 0 aliphatic carbocycles. The molecule has 0 aromatic heterocycles. The summed E-state index contributed by atoms with van der Waals surface area (Å²) in [6.45, 7) is 5.13. The van der Waals surface area contributed by atoms with E-state index in [0.717, 1.165) is 5.56 Å². The molecule has 0 unspecified atom stereocenters. The summed E-state index contributed by atoms with van der Waals surface area (Å²) in [7, 11) is 0. The average molecular weight is 435 g/mol. The molecule has 3 rings (SSSR count). The second-order valence-electron chi connectivity index (χ2n) is 7.29. The first-order chi connectivity index (χ1) is 13.8. The molecule has 0 bridgehead atoms. The van der Waals surface area contributed by atoms with E-state index >= 15 is 0 Å². The van der Waals surface area contributed by atoms with Crippen LogP contribution >= 0.6 is 23.2 Å². The molecule has 1 saturated heterocycles. The molecule has 1 N–H and O–H groups in total. The van der Waals surface area contributed by atoms with Crippen LogP contribution in [0.2, 0.25) is 10.0 Å². The zero-order chi connectivity index (χ0) is 21.0. The smallest absolute Gasteiger partial charge is 0.258 e. The molecule has 29 heavy (non-hydrogen) atoms. The molecule has 5 nitrogen and oxygen atoms in total. The summed E-state index contributed by atoms with van der Waals surface area (Å²) >= 11 is 12.0. The van der Waals surface area contributed by atoms with Gasteiger partial charge in [0.25, 0.3) is 11.8 Å². The number of ether oxygens (including phenoxy) is 1. The van der Waals surface area contributed by atoms with Crippen molar-refractivity contribution in [1.82, 2.24) is 10.2 Å². The number of halogens is 2. The number of aryl methyl sites for hydroxylation is 2. The lowest BCUT2D eigenvalue weighted by Crippen LogP contribution is -2.47. The van der Waals surface area contributed by atoms with Crippen LogP contribution in [0.1, 0.15) is 34.3 Å². The number of hydrogen-bond acceptors (Lipinski definition) is 3. The monoisotopic (exact) mass is 434 g/mol. The largest absolute Gasteiger partial charge is 0.484 e. The summed E-state index contributed by atoms with van der Waals surface area (Å²) in [6.07, 6.45) is 1.37. The van der Waals surface area contributed by atoms with Crippen LogP contribution < -0.4 is 10.1 Å². The van der Waals surface area contributed by atoms with Crippen molar-refractivity contribution in [3.63, 3.8) is 0 Å². The molecule has 0 atom stereocenters. The van der Waals surface area contributed by atoms with E-state index in [9.17, 15) is 9.59 Å². The van der Waals surface area contributed by atoms with Crippen LogP contribution in [-0.4, -0.2) is 42.5 Å². The number of carbonyl (C=O) groups is 2. The first-order valence-electron chi connectivity index (χ1n) is 9.57. The van der Waals surface area contributed by atoms with Crippen molar-refractivity contribution in [3.05, 3.63) is 63.1 Å². The highest BCUT2D eigenvalue weighted by Crippen LogP contribution is 2.24. The minimum absolute atomic E-state index is 0.0237. The topological polar surface area (TPSA) is 58.6 Å². The van der Waals surface area contributed by atoms with Gasteiger partial charge < -0.3 is 15.0 Å². The zero-order valence-electron chi connectivity index (χ0n) is 16.5. The van der Waals surface area contributed by atoms with Crippen molar-refractivity contribution in [2.24, 2.45) is 0 Å². The molecule has 1 aliphatic rings. The lowest BCUT2D eigenvalue weighted by Gasteiger charge is -2.32. The van der Waals surface area contributed by atoms with Gasteiger partial charge in [-0.2, -0.15) is 0 Å². The summed E-state index contributed by atoms with van der Waals surface area (Å²) in [4.78, 5) is 26.6. The molecule has 2 aromatic carbocycles. The Hall–Kier alpha value is -2.24. The molecule has 154 valence electrons. The maximum absolute atomic E-state index is 12.7. The molecular formula is C22H24Cl2N2O3. The number of likely N-dealkylation sites (tertiary alicyclic amines) is 1. The quantitative estimate of drug-likeness (QED) is 0.757. The third-order valence-electron chi connectivity index (χ3n) is 5.16. The number of benzene rings is 2. The van der Waals surface area contributed by atoms with Crippen LogP contribution in [0.15, 0.2) is 36.4 Å². The average Bonchev–Trinajstić information content (AvgIpc) is 2.69. The van der Waals surface area contributed by atoms with E-state index < -0.39 is 0 Å². The van der Waals surface area contributed by atoms with Crippen LogP contribution in [0.25, 0.3) is 0 Å². The van der Waals surface area contributed by atoms with E-state index in [1.54, 1.807) is 23.1 Å². The van der Waals surface area contributed by atoms with Gasteiger partial charge >= 0.3 is 0 Å². The standard InChI is InChI=1S/C22H24Cl2N2O3/c1-14-3-5-18(11-15(14)2)29-13-21(27)25-17-7-9-26(10-8-17)22(28)19-6-4-16(23)12-20(19)24/h3-6,11-12,17H,7-10,13H2,1-2H3,(H,25,27). The zero-order valence-corrected chi connectivity index (χ0v) is 18.0.